The van der Waals surface area contributed by atoms with Gasteiger partial charge in [0, 0.05) is 12.6 Å². The molecule has 0 aromatic heterocycles. The average Bonchev–Trinajstić information content (AvgIpc) is 2.66. The summed E-state index contributed by atoms with van der Waals surface area (Å²) in [4.78, 5) is 9.37. The first-order valence-corrected chi connectivity index (χ1v) is 10.6. The van der Waals surface area contributed by atoms with Gasteiger partial charge in [-0.3, -0.25) is 4.99 Å². The molecule has 0 aliphatic carbocycles. The first-order chi connectivity index (χ1) is 13.4. The lowest BCUT2D eigenvalue weighted by Gasteiger charge is -2.24. The van der Waals surface area contributed by atoms with Crippen molar-refractivity contribution in [1.29, 1.82) is 0 Å². The molecule has 2 unspecified atom stereocenters. The van der Waals surface area contributed by atoms with Gasteiger partial charge in [0.05, 0.1) is 12.6 Å². The zero-order valence-corrected chi connectivity index (χ0v) is 21.4. The molecule has 0 heterocycles. The summed E-state index contributed by atoms with van der Waals surface area (Å²) >= 11 is 0. The number of nitrogens with zero attached hydrogens (tertiary/aromatic N) is 3. The molecule has 0 spiro atoms. The Morgan fingerprint density at radius 1 is 1.10 bits per heavy atom. The van der Waals surface area contributed by atoms with Crippen molar-refractivity contribution < 1.29 is 4.39 Å². The largest absolute Gasteiger partial charge is 0.357 e. The second-order valence-electron chi connectivity index (χ2n) is 7.47. The van der Waals surface area contributed by atoms with Crippen molar-refractivity contribution in [3.63, 3.8) is 0 Å². The van der Waals surface area contributed by atoms with Gasteiger partial charge >= 0.3 is 0 Å². The summed E-state index contributed by atoms with van der Waals surface area (Å²) in [6, 6.07) is 7.16. The topological polar surface area (TPSA) is 42.9 Å². The van der Waals surface area contributed by atoms with E-state index in [0.29, 0.717) is 12.6 Å². The van der Waals surface area contributed by atoms with Crippen LogP contribution in [0.15, 0.2) is 29.3 Å². The third-order valence-corrected chi connectivity index (χ3v) is 5.03. The fourth-order valence-corrected chi connectivity index (χ4v) is 3.22. The van der Waals surface area contributed by atoms with Gasteiger partial charge in [-0.2, -0.15) is 0 Å². The molecule has 0 fully saturated rings. The maximum atomic E-state index is 13.2. The fraction of sp³-hybridized carbons (Fsp3) is 0.682. The molecule has 29 heavy (non-hydrogen) atoms. The highest BCUT2D eigenvalue weighted by atomic mass is 127. The monoisotopic (exact) mass is 521 g/mol. The number of halogens is 2. The second-order valence-corrected chi connectivity index (χ2v) is 7.47. The van der Waals surface area contributed by atoms with Crippen molar-refractivity contribution in [3.8, 4) is 0 Å². The highest BCUT2D eigenvalue weighted by Crippen LogP contribution is 2.19. The summed E-state index contributed by atoms with van der Waals surface area (Å²) in [5.74, 6) is 0.630. The van der Waals surface area contributed by atoms with Crippen LogP contribution in [0, 0.1) is 5.82 Å². The molecule has 0 radical (unpaired) electrons. The fourth-order valence-electron chi connectivity index (χ4n) is 3.22. The molecule has 0 saturated carbocycles. The summed E-state index contributed by atoms with van der Waals surface area (Å²) in [6.07, 6.45) is 2.28. The van der Waals surface area contributed by atoms with Crippen LogP contribution in [-0.2, 0) is 0 Å². The first kappa shape index (κ1) is 28.1. The van der Waals surface area contributed by atoms with Crippen molar-refractivity contribution in [2.75, 3.05) is 46.8 Å². The Kier molecular flexibility index (Phi) is 15.3. The van der Waals surface area contributed by atoms with Crippen LogP contribution in [0.1, 0.15) is 52.1 Å². The second kappa shape index (κ2) is 15.8. The lowest BCUT2D eigenvalue weighted by Crippen LogP contribution is -2.43. The molecule has 0 aliphatic heterocycles. The molecule has 0 saturated heterocycles. The van der Waals surface area contributed by atoms with Crippen molar-refractivity contribution in [2.24, 2.45) is 4.99 Å². The van der Waals surface area contributed by atoms with E-state index in [1.807, 2.05) is 26.2 Å². The normalized spacial score (nSPS) is 13.9. The molecule has 168 valence electrons. The lowest BCUT2D eigenvalue weighted by molar-refractivity contribution is 0.292. The van der Waals surface area contributed by atoms with Crippen LogP contribution >= 0.6 is 24.0 Å². The average molecular weight is 522 g/mol. The minimum Gasteiger partial charge on any atom is -0.357 e. The number of guanidine groups is 1. The molecule has 1 aromatic rings. The number of hydrogen-bond donors (Lipinski definition) is 2. The molecule has 0 aliphatic rings. The number of likely N-dealkylation sites (N-methyl/N-ethyl adjacent to an activating group) is 1. The Morgan fingerprint density at radius 3 is 2.24 bits per heavy atom. The van der Waals surface area contributed by atoms with E-state index in [9.17, 15) is 4.39 Å². The molecule has 0 amide bonds. The standard InChI is InChI=1S/C22H40FN5.HI/c1-7-24-22(26-18(4)11-10-16-28(8-2)9-3)25-17-21(27(5)6)19-12-14-20(23)15-13-19;/h12-15,18,21H,7-11,16-17H2,1-6H3,(H2,24,25,26);1H. The van der Waals surface area contributed by atoms with E-state index in [-0.39, 0.29) is 35.8 Å². The Balaban J connectivity index is 0.00000784. The summed E-state index contributed by atoms with van der Waals surface area (Å²) in [5, 5.41) is 6.86. The third-order valence-electron chi connectivity index (χ3n) is 5.03. The van der Waals surface area contributed by atoms with E-state index >= 15 is 0 Å². The van der Waals surface area contributed by atoms with Crippen molar-refractivity contribution >= 4 is 29.9 Å². The summed E-state index contributed by atoms with van der Waals surface area (Å²) < 4.78 is 13.2. The summed E-state index contributed by atoms with van der Waals surface area (Å²) in [7, 11) is 4.06. The van der Waals surface area contributed by atoms with Gasteiger partial charge in [0.2, 0.25) is 0 Å². The van der Waals surface area contributed by atoms with Crippen molar-refractivity contribution in [2.45, 2.75) is 52.6 Å². The summed E-state index contributed by atoms with van der Waals surface area (Å²) in [5.41, 5.74) is 1.07. The van der Waals surface area contributed by atoms with Crippen LogP contribution in [0.3, 0.4) is 0 Å². The number of rotatable bonds is 12. The molecule has 1 aromatic carbocycles. The molecule has 5 nitrogen and oxygen atoms in total. The molecule has 7 heteroatoms. The number of nitrogens with one attached hydrogen (secondary N) is 2. The van der Waals surface area contributed by atoms with Gasteiger partial charge in [-0.1, -0.05) is 26.0 Å². The van der Waals surface area contributed by atoms with Gasteiger partial charge in [0.25, 0.3) is 0 Å². The molecule has 0 bridgehead atoms. The molecule has 2 atom stereocenters. The minimum absolute atomic E-state index is 0. The maximum Gasteiger partial charge on any atom is 0.191 e. The predicted molar refractivity (Wildman–Crippen MR) is 134 cm³/mol. The van der Waals surface area contributed by atoms with E-state index in [0.717, 1.165) is 44.1 Å². The first-order valence-electron chi connectivity index (χ1n) is 10.6. The van der Waals surface area contributed by atoms with Gasteiger partial charge in [-0.05, 0) is 78.1 Å². The van der Waals surface area contributed by atoms with E-state index in [1.54, 1.807) is 0 Å². The van der Waals surface area contributed by atoms with Crippen LogP contribution in [-0.4, -0.2) is 68.6 Å². The van der Waals surface area contributed by atoms with E-state index < -0.39 is 0 Å². The van der Waals surface area contributed by atoms with Gasteiger partial charge in [-0.25, -0.2) is 4.39 Å². The lowest BCUT2D eigenvalue weighted by atomic mass is 10.1. The predicted octanol–water partition coefficient (Wildman–Crippen LogP) is 4.11. The van der Waals surface area contributed by atoms with Crippen LogP contribution in [0.4, 0.5) is 4.39 Å². The van der Waals surface area contributed by atoms with E-state index in [1.165, 1.54) is 18.6 Å². The Labute approximate surface area is 194 Å². The van der Waals surface area contributed by atoms with Crippen molar-refractivity contribution in [3.05, 3.63) is 35.6 Å². The number of benzene rings is 1. The maximum absolute atomic E-state index is 13.2. The van der Waals surface area contributed by atoms with Gasteiger partial charge in [0.15, 0.2) is 5.96 Å². The Hall–Kier alpha value is -0.930. The molecule has 1 rings (SSSR count). The Bertz CT molecular complexity index is 561. The number of aliphatic imine (C=N–C) groups is 1. The van der Waals surface area contributed by atoms with E-state index in [4.69, 9.17) is 4.99 Å². The highest BCUT2D eigenvalue weighted by Gasteiger charge is 2.15. The number of hydrogen-bond acceptors (Lipinski definition) is 3. The third kappa shape index (κ3) is 11.1. The van der Waals surface area contributed by atoms with Crippen LogP contribution in [0.5, 0.6) is 0 Å². The van der Waals surface area contributed by atoms with Gasteiger partial charge < -0.3 is 20.4 Å². The van der Waals surface area contributed by atoms with Gasteiger partial charge in [-0.15, -0.1) is 24.0 Å². The van der Waals surface area contributed by atoms with Crippen LogP contribution < -0.4 is 10.6 Å². The quantitative estimate of drug-likeness (QED) is 0.247. The molecular weight excluding hydrogens is 480 g/mol. The van der Waals surface area contributed by atoms with E-state index in [2.05, 4.69) is 48.1 Å². The SMILES string of the molecule is CCNC(=NCC(c1ccc(F)cc1)N(C)C)NC(C)CCCN(CC)CC.I. The zero-order chi connectivity index (χ0) is 20.9. The smallest absolute Gasteiger partial charge is 0.191 e. The summed E-state index contributed by atoms with van der Waals surface area (Å²) in [6.45, 7) is 13.5. The molecular formula is C22H41FIN5. The molecule has 2 N–H and O–H groups in total. The van der Waals surface area contributed by atoms with Crippen LogP contribution in [0.25, 0.3) is 0 Å². The Morgan fingerprint density at radius 2 is 1.72 bits per heavy atom. The highest BCUT2D eigenvalue weighted by molar-refractivity contribution is 14.0. The van der Waals surface area contributed by atoms with Crippen LogP contribution in [0.2, 0.25) is 0 Å². The minimum atomic E-state index is -0.210. The van der Waals surface area contributed by atoms with Crippen molar-refractivity contribution in [1.82, 2.24) is 20.4 Å². The van der Waals surface area contributed by atoms with Gasteiger partial charge in [0.1, 0.15) is 5.82 Å². The zero-order valence-electron chi connectivity index (χ0n) is 19.0.